The predicted octanol–water partition coefficient (Wildman–Crippen LogP) is 2.50. The summed E-state index contributed by atoms with van der Waals surface area (Å²) in [4.78, 5) is 10.8. The average Bonchev–Trinajstić information content (AvgIpc) is 2.35. The first-order valence-electron chi connectivity index (χ1n) is 5.91. The highest BCUT2D eigenvalue weighted by atomic mass is 32.2. The lowest BCUT2D eigenvalue weighted by Gasteiger charge is -2.28. The number of alkyl halides is 2. The van der Waals surface area contributed by atoms with E-state index in [-0.39, 0.29) is 5.56 Å². The summed E-state index contributed by atoms with van der Waals surface area (Å²) in [6.45, 7) is 4.82. The van der Waals surface area contributed by atoms with Crippen molar-refractivity contribution in [1.29, 1.82) is 0 Å². The molecule has 0 saturated heterocycles. The Morgan fingerprint density at radius 2 is 1.75 bits per heavy atom. The number of carboxylic acid groups (broad SMARTS) is 1. The molecule has 0 amide bonds. The molecule has 0 aliphatic heterocycles. The van der Waals surface area contributed by atoms with Crippen molar-refractivity contribution in [3.05, 3.63) is 35.9 Å². The fraction of sp³-hybridized carbons (Fsp3) is 0.462. The summed E-state index contributed by atoms with van der Waals surface area (Å²) >= 11 is 0. The van der Waals surface area contributed by atoms with E-state index < -0.39 is 33.7 Å². The summed E-state index contributed by atoms with van der Waals surface area (Å²) < 4.78 is 41.1. The van der Waals surface area contributed by atoms with Crippen LogP contribution in [-0.2, 0) is 15.8 Å². The summed E-state index contributed by atoms with van der Waals surface area (Å²) in [5.74, 6) is -6.33. The zero-order valence-electron chi connectivity index (χ0n) is 11.4. The summed E-state index contributed by atoms with van der Waals surface area (Å²) in [6.07, 6.45) is 0. The third kappa shape index (κ3) is 3.83. The number of aliphatic carboxylic acids is 1. The van der Waals surface area contributed by atoms with Crippen LogP contribution in [0, 0.1) is 0 Å². The van der Waals surface area contributed by atoms with Crippen molar-refractivity contribution in [2.45, 2.75) is 37.5 Å². The SMILES string of the molecule is CC(C)(C)[S@](=O)N[C@@H](c1ccccc1)C(F)(F)C(=O)O. The van der Waals surface area contributed by atoms with Gasteiger partial charge in [0.2, 0.25) is 0 Å². The molecule has 0 bridgehead atoms. The summed E-state index contributed by atoms with van der Waals surface area (Å²) in [7, 11) is -1.82. The lowest BCUT2D eigenvalue weighted by Crippen LogP contribution is -2.47. The lowest BCUT2D eigenvalue weighted by molar-refractivity contribution is -0.168. The first-order chi connectivity index (χ1) is 9.06. The maximum Gasteiger partial charge on any atom is 0.376 e. The molecule has 0 heterocycles. The van der Waals surface area contributed by atoms with E-state index in [1.807, 2.05) is 0 Å². The van der Waals surface area contributed by atoms with Crippen LogP contribution in [-0.4, -0.2) is 26.0 Å². The van der Waals surface area contributed by atoms with Crippen LogP contribution in [0.3, 0.4) is 0 Å². The minimum Gasteiger partial charge on any atom is -0.477 e. The van der Waals surface area contributed by atoms with E-state index in [1.54, 1.807) is 26.8 Å². The standard InChI is InChI=1S/C13H17F2NO3S/c1-12(2,3)20(19)16-10(13(14,15)11(17)18)9-7-5-4-6-8-9/h4-8,10,16H,1-3H3,(H,17,18)/t10-,20-/m0/s1. The minimum atomic E-state index is -4.07. The Labute approximate surface area is 118 Å². The molecular weight excluding hydrogens is 288 g/mol. The third-order valence-electron chi connectivity index (χ3n) is 2.56. The van der Waals surface area contributed by atoms with Crippen LogP contribution in [0.5, 0.6) is 0 Å². The topological polar surface area (TPSA) is 66.4 Å². The molecule has 0 aliphatic carbocycles. The van der Waals surface area contributed by atoms with Gasteiger partial charge in [-0.05, 0) is 26.3 Å². The van der Waals surface area contributed by atoms with E-state index in [9.17, 15) is 17.8 Å². The molecule has 0 fully saturated rings. The number of carboxylic acids is 1. The Bertz CT molecular complexity index is 500. The molecule has 1 rings (SSSR count). The first-order valence-corrected chi connectivity index (χ1v) is 7.06. The molecule has 2 atom stereocenters. The average molecular weight is 305 g/mol. The van der Waals surface area contributed by atoms with Crippen molar-refractivity contribution in [1.82, 2.24) is 4.72 Å². The molecule has 0 unspecified atom stereocenters. The van der Waals surface area contributed by atoms with E-state index in [1.165, 1.54) is 24.3 Å². The normalized spacial score (nSPS) is 15.7. The van der Waals surface area contributed by atoms with Crippen molar-refractivity contribution in [2.24, 2.45) is 0 Å². The second-order valence-electron chi connectivity index (χ2n) is 5.27. The molecule has 20 heavy (non-hydrogen) atoms. The highest BCUT2D eigenvalue weighted by Gasteiger charge is 2.49. The predicted molar refractivity (Wildman–Crippen MR) is 72.8 cm³/mol. The van der Waals surface area contributed by atoms with Gasteiger partial charge >= 0.3 is 11.9 Å². The maximum atomic E-state index is 13.8. The molecule has 0 radical (unpaired) electrons. The van der Waals surface area contributed by atoms with Crippen molar-refractivity contribution < 1.29 is 22.9 Å². The summed E-state index contributed by atoms with van der Waals surface area (Å²) in [5, 5.41) is 8.70. The number of carbonyl (C=O) groups is 1. The van der Waals surface area contributed by atoms with Crippen molar-refractivity contribution >= 4 is 17.0 Å². The van der Waals surface area contributed by atoms with Crippen LogP contribution in [0.15, 0.2) is 30.3 Å². The van der Waals surface area contributed by atoms with Crippen molar-refractivity contribution in [3.8, 4) is 0 Å². The number of benzene rings is 1. The van der Waals surface area contributed by atoms with Crippen molar-refractivity contribution in [2.75, 3.05) is 0 Å². The zero-order valence-corrected chi connectivity index (χ0v) is 12.2. The van der Waals surface area contributed by atoms with Gasteiger partial charge in [0.15, 0.2) is 0 Å². The van der Waals surface area contributed by atoms with Gasteiger partial charge in [-0.2, -0.15) is 8.78 Å². The highest BCUT2D eigenvalue weighted by molar-refractivity contribution is 7.84. The molecule has 1 aromatic carbocycles. The van der Waals surface area contributed by atoms with E-state index in [0.29, 0.717) is 0 Å². The Morgan fingerprint density at radius 1 is 1.25 bits per heavy atom. The molecule has 7 heteroatoms. The monoisotopic (exact) mass is 305 g/mol. The Balaban J connectivity index is 3.17. The third-order valence-corrected chi connectivity index (χ3v) is 4.12. The maximum absolute atomic E-state index is 13.8. The van der Waals surface area contributed by atoms with Crippen LogP contribution < -0.4 is 4.72 Å². The summed E-state index contributed by atoms with van der Waals surface area (Å²) in [5.41, 5.74) is 0.0671. The van der Waals surface area contributed by atoms with E-state index in [4.69, 9.17) is 5.11 Å². The van der Waals surface area contributed by atoms with Gasteiger partial charge < -0.3 is 5.11 Å². The zero-order chi connectivity index (χ0) is 15.6. The number of halogens is 2. The van der Waals surface area contributed by atoms with Gasteiger partial charge in [0.05, 0.1) is 15.7 Å². The second kappa shape index (κ2) is 5.97. The fourth-order valence-corrected chi connectivity index (χ4v) is 2.26. The molecule has 1 aromatic rings. The number of rotatable bonds is 5. The van der Waals surface area contributed by atoms with Crippen LogP contribution in [0.25, 0.3) is 0 Å². The number of nitrogens with one attached hydrogen (secondary N) is 1. The molecular formula is C13H17F2NO3S. The van der Waals surface area contributed by atoms with Gasteiger partial charge in [0.25, 0.3) is 0 Å². The Hall–Kier alpha value is -1.34. The molecule has 4 nitrogen and oxygen atoms in total. The first kappa shape index (κ1) is 16.7. The van der Waals surface area contributed by atoms with E-state index in [0.717, 1.165) is 0 Å². The van der Waals surface area contributed by atoms with Crippen LogP contribution >= 0.6 is 0 Å². The van der Waals surface area contributed by atoms with E-state index >= 15 is 0 Å². The van der Waals surface area contributed by atoms with Gasteiger partial charge in [-0.15, -0.1) is 0 Å². The number of hydrogen-bond donors (Lipinski definition) is 2. The number of hydrogen-bond acceptors (Lipinski definition) is 2. The molecule has 0 saturated carbocycles. The smallest absolute Gasteiger partial charge is 0.376 e. The lowest BCUT2D eigenvalue weighted by atomic mass is 10.0. The minimum absolute atomic E-state index is 0.0671. The molecule has 0 aliphatic rings. The summed E-state index contributed by atoms with van der Waals surface area (Å²) in [6, 6.07) is 5.54. The largest absolute Gasteiger partial charge is 0.477 e. The molecule has 0 aromatic heterocycles. The van der Waals surface area contributed by atoms with Gasteiger partial charge in [-0.3, -0.25) is 0 Å². The van der Waals surface area contributed by atoms with Crippen LogP contribution in [0.2, 0.25) is 0 Å². The van der Waals surface area contributed by atoms with Crippen LogP contribution in [0.1, 0.15) is 32.4 Å². The van der Waals surface area contributed by atoms with Gasteiger partial charge in [0, 0.05) is 0 Å². The second-order valence-corrected chi connectivity index (χ2v) is 7.27. The van der Waals surface area contributed by atoms with Gasteiger partial charge in [-0.25, -0.2) is 13.7 Å². The van der Waals surface area contributed by atoms with Crippen molar-refractivity contribution in [3.63, 3.8) is 0 Å². The Morgan fingerprint density at radius 3 is 2.15 bits per heavy atom. The quantitative estimate of drug-likeness (QED) is 0.878. The van der Waals surface area contributed by atoms with E-state index in [2.05, 4.69) is 4.72 Å². The van der Waals surface area contributed by atoms with Gasteiger partial charge in [-0.1, -0.05) is 30.3 Å². The molecule has 2 N–H and O–H groups in total. The molecule has 112 valence electrons. The van der Waals surface area contributed by atoms with Crippen LogP contribution in [0.4, 0.5) is 8.78 Å². The Kier molecular flexibility index (Phi) is 4.99. The fourth-order valence-electron chi connectivity index (χ4n) is 1.40. The highest BCUT2D eigenvalue weighted by Crippen LogP contribution is 2.32. The van der Waals surface area contributed by atoms with Gasteiger partial charge in [0.1, 0.15) is 6.04 Å². The molecule has 0 spiro atoms.